The molecule has 0 saturated heterocycles. The fourth-order valence-corrected chi connectivity index (χ4v) is 2.07. The predicted molar refractivity (Wildman–Crippen MR) is 81.4 cm³/mol. The number of hydrogen-bond acceptors (Lipinski definition) is 2. The second-order valence-corrected chi connectivity index (χ2v) is 5.20. The first-order valence-electron chi connectivity index (χ1n) is 6.29. The Balaban J connectivity index is 2.27. The number of nitrogens with one attached hydrogen (secondary N) is 1. The lowest BCUT2D eigenvalue weighted by molar-refractivity contribution is -0.138. The van der Waals surface area contributed by atoms with Crippen molar-refractivity contribution in [1.29, 1.82) is 0 Å². The van der Waals surface area contributed by atoms with Gasteiger partial charge in [0.2, 0.25) is 0 Å². The monoisotopic (exact) mass is 289 g/mol. The highest BCUT2D eigenvalue weighted by Gasteiger charge is 2.19. The summed E-state index contributed by atoms with van der Waals surface area (Å²) in [6, 6.07) is 11.8. The van der Waals surface area contributed by atoms with Crippen LogP contribution in [0.3, 0.4) is 0 Å². The van der Waals surface area contributed by atoms with Crippen LogP contribution in [-0.4, -0.2) is 11.1 Å². The van der Waals surface area contributed by atoms with E-state index in [9.17, 15) is 9.90 Å². The van der Waals surface area contributed by atoms with Gasteiger partial charge in [-0.15, -0.1) is 0 Å². The topological polar surface area (TPSA) is 49.3 Å². The molecule has 2 aromatic rings. The quantitative estimate of drug-likeness (QED) is 0.887. The van der Waals surface area contributed by atoms with E-state index < -0.39 is 12.0 Å². The molecule has 0 radical (unpaired) electrons. The summed E-state index contributed by atoms with van der Waals surface area (Å²) >= 11 is 5.83. The molecule has 0 aliphatic rings. The molecule has 0 amide bonds. The maximum Gasteiger partial charge on any atom is 0.330 e. The van der Waals surface area contributed by atoms with Gasteiger partial charge in [-0.1, -0.05) is 29.8 Å². The van der Waals surface area contributed by atoms with E-state index in [-0.39, 0.29) is 0 Å². The van der Waals surface area contributed by atoms with Gasteiger partial charge in [-0.3, -0.25) is 0 Å². The number of aryl methyl sites for hydroxylation is 2. The molecule has 0 fully saturated rings. The van der Waals surface area contributed by atoms with Gasteiger partial charge in [-0.05, 0) is 54.8 Å². The summed E-state index contributed by atoms with van der Waals surface area (Å²) in [6.07, 6.45) is 0. The van der Waals surface area contributed by atoms with Crippen LogP contribution in [0.25, 0.3) is 0 Å². The summed E-state index contributed by atoms with van der Waals surface area (Å²) in [4.78, 5) is 11.4. The molecule has 104 valence electrons. The maximum absolute atomic E-state index is 11.4. The molecule has 1 atom stereocenters. The van der Waals surface area contributed by atoms with Crippen LogP contribution in [0.15, 0.2) is 42.5 Å². The van der Waals surface area contributed by atoms with Crippen molar-refractivity contribution < 1.29 is 9.90 Å². The van der Waals surface area contributed by atoms with Crippen molar-refractivity contribution in [2.24, 2.45) is 0 Å². The van der Waals surface area contributed by atoms with Crippen LogP contribution in [0.5, 0.6) is 0 Å². The number of benzene rings is 2. The average molecular weight is 290 g/mol. The van der Waals surface area contributed by atoms with E-state index in [1.807, 2.05) is 32.0 Å². The van der Waals surface area contributed by atoms with Gasteiger partial charge in [0.15, 0.2) is 6.04 Å². The highest BCUT2D eigenvalue weighted by molar-refractivity contribution is 6.30. The highest BCUT2D eigenvalue weighted by Crippen LogP contribution is 2.23. The Morgan fingerprint density at radius 2 is 1.75 bits per heavy atom. The lowest BCUT2D eigenvalue weighted by Crippen LogP contribution is -2.20. The van der Waals surface area contributed by atoms with Gasteiger partial charge in [-0.25, -0.2) is 4.79 Å². The SMILES string of the molecule is Cc1ccc(NC(C(=O)O)c2ccc(Cl)cc2)cc1C. The number of aliphatic carboxylic acids is 1. The Kier molecular flexibility index (Phi) is 4.30. The molecule has 0 spiro atoms. The van der Waals surface area contributed by atoms with Crippen LogP contribution >= 0.6 is 11.6 Å². The lowest BCUT2D eigenvalue weighted by Gasteiger charge is -2.17. The minimum atomic E-state index is -0.925. The fraction of sp³-hybridized carbons (Fsp3) is 0.188. The largest absolute Gasteiger partial charge is 0.479 e. The first kappa shape index (κ1) is 14.4. The molecule has 2 rings (SSSR count). The molecular formula is C16H16ClNO2. The standard InChI is InChI=1S/C16H16ClNO2/c1-10-3-8-14(9-11(10)2)18-15(16(19)20)12-4-6-13(17)7-5-12/h3-9,15,18H,1-2H3,(H,19,20). The van der Waals surface area contributed by atoms with Crippen LogP contribution < -0.4 is 5.32 Å². The summed E-state index contributed by atoms with van der Waals surface area (Å²) in [6.45, 7) is 4.02. The van der Waals surface area contributed by atoms with E-state index in [4.69, 9.17) is 11.6 Å². The fourth-order valence-electron chi connectivity index (χ4n) is 1.94. The Hall–Kier alpha value is -2.00. The number of carboxylic acids is 1. The summed E-state index contributed by atoms with van der Waals surface area (Å²) in [7, 11) is 0. The number of hydrogen-bond donors (Lipinski definition) is 2. The Bertz CT molecular complexity index is 623. The molecule has 3 nitrogen and oxygen atoms in total. The molecule has 0 aliphatic heterocycles. The van der Waals surface area contributed by atoms with Crippen molar-refractivity contribution in [3.8, 4) is 0 Å². The van der Waals surface area contributed by atoms with Crippen molar-refractivity contribution in [3.05, 3.63) is 64.2 Å². The minimum Gasteiger partial charge on any atom is -0.479 e. The third-order valence-electron chi connectivity index (χ3n) is 3.27. The molecule has 0 aliphatic carbocycles. The van der Waals surface area contributed by atoms with E-state index in [1.165, 1.54) is 5.56 Å². The van der Waals surface area contributed by atoms with E-state index in [1.54, 1.807) is 24.3 Å². The van der Waals surface area contributed by atoms with E-state index in [2.05, 4.69) is 5.32 Å². The van der Waals surface area contributed by atoms with Crippen LogP contribution in [0.1, 0.15) is 22.7 Å². The predicted octanol–water partition coefficient (Wildman–Crippen LogP) is 4.19. The second kappa shape index (κ2) is 5.97. The van der Waals surface area contributed by atoms with Gasteiger partial charge < -0.3 is 10.4 Å². The van der Waals surface area contributed by atoms with Gasteiger partial charge in [0.1, 0.15) is 0 Å². The average Bonchev–Trinajstić information content (AvgIpc) is 2.41. The van der Waals surface area contributed by atoms with Gasteiger partial charge in [0, 0.05) is 10.7 Å². The van der Waals surface area contributed by atoms with Crippen LogP contribution in [0.2, 0.25) is 5.02 Å². The van der Waals surface area contributed by atoms with Gasteiger partial charge in [-0.2, -0.15) is 0 Å². The molecule has 0 saturated carbocycles. The van der Waals surface area contributed by atoms with Crippen molar-refractivity contribution >= 4 is 23.3 Å². The first-order valence-corrected chi connectivity index (χ1v) is 6.67. The van der Waals surface area contributed by atoms with Crippen molar-refractivity contribution in [3.63, 3.8) is 0 Å². The van der Waals surface area contributed by atoms with Crippen molar-refractivity contribution in [1.82, 2.24) is 0 Å². The molecule has 0 bridgehead atoms. The van der Waals surface area contributed by atoms with Crippen molar-refractivity contribution in [2.75, 3.05) is 5.32 Å². The van der Waals surface area contributed by atoms with Gasteiger partial charge in [0.25, 0.3) is 0 Å². The highest BCUT2D eigenvalue weighted by atomic mass is 35.5. The van der Waals surface area contributed by atoms with Crippen LogP contribution in [0.4, 0.5) is 5.69 Å². The first-order chi connectivity index (χ1) is 9.47. The normalized spacial score (nSPS) is 11.9. The number of anilines is 1. The zero-order valence-electron chi connectivity index (χ0n) is 11.4. The summed E-state index contributed by atoms with van der Waals surface area (Å²) < 4.78 is 0. The summed E-state index contributed by atoms with van der Waals surface area (Å²) in [5.74, 6) is -0.925. The van der Waals surface area contributed by atoms with E-state index in [0.29, 0.717) is 10.6 Å². The Morgan fingerprint density at radius 3 is 2.30 bits per heavy atom. The van der Waals surface area contributed by atoms with Crippen molar-refractivity contribution in [2.45, 2.75) is 19.9 Å². The Labute approximate surface area is 123 Å². The van der Waals surface area contributed by atoms with Gasteiger partial charge >= 0.3 is 5.97 Å². The van der Waals surface area contributed by atoms with Crippen LogP contribution in [0, 0.1) is 13.8 Å². The number of rotatable bonds is 4. The summed E-state index contributed by atoms with van der Waals surface area (Å²) in [5.41, 5.74) is 3.75. The van der Waals surface area contributed by atoms with E-state index >= 15 is 0 Å². The molecule has 0 aromatic heterocycles. The second-order valence-electron chi connectivity index (χ2n) is 4.77. The molecule has 1 unspecified atom stereocenters. The molecule has 4 heteroatoms. The number of halogens is 1. The molecular weight excluding hydrogens is 274 g/mol. The lowest BCUT2D eigenvalue weighted by atomic mass is 10.1. The molecule has 2 aromatic carbocycles. The minimum absolute atomic E-state index is 0.587. The third kappa shape index (κ3) is 3.31. The van der Waals surface area contributed by atoms with Crippen LogP contribution in [-0.2, 0) is 4.79 Å². The summed E-state index contributed by atoms with van der Waals surface area (Å²) in [5, 5.41) is 13.0. The third-order valence-corrected chi connectivity index (χ3v) is 3.52. The molecule has 0 heterocycles. The zero-order chi connectivity index (χ0) is 14.7. The van der Waals surface area contributed by atoms with Gasteiger partial charge in [0.05, 0.1) is 0 Å². The number of carbonyl (C=O) groups is 1. The zero-order valence-corrected chi connectivity index (χ0v) is 12.1. The Morgan fingerprint density at radius 1 is 1.10 bits per heavy atom. The maximum atomic E-state index is 11.4. The molecule has 20 heavy (non-hydrogen) atoms. The smallest absolute Gasteiger partial charge is 0.330 e. The number of carboxylic acid groups (broad SMARTS) is 1. The van der Waals surface area contributed by atoms with E-state index in [0.717, 1.165) is 11.3 Å². The molecule has 2 N–H and O–H groups in total.